The zero-order valence-electron chi connectivity index (χ0n) is 12.7. The Kier molecular flexibility index (Phi) is 5.20. The van der Waals surface area contributed by atoms with Crippen LogP contribution >= 0.6 is 0 Å². The summed E-state index contributed by atoms with van der Waals surface area (Å²) in [4.78, 5) is 27.8. The van der Waals surface area contributed by atoms with E-state index in [-0.39, 0.29) is 18.0 Å². The SMILES string of the molecule is CCN(CC)C(=O)[C@@H]1CCCN1C(=O)OC(C)(C)C. The second-order valence-corrected chi connectivity index (χ2v) is 5.84. The first-order valence-electron chi connectivity index (χ1n) is 7.08. The summed E-state index contributed by atoms with van der Waals surface area (Å²) < 4.78 is 5.37. The first kappa shape index (κ1) is 15.8. The van der Waals surface area contributed by atoms with Crippen molar-refractivity contribution in [1.29, 1.82) is 0 Å². The zero-order valence-corrected chi connectivity index (χ0v) is 12.7. The first-order chi connectivity index (χ1) is 8.80. The van der Waals surface area contributed by atoms with Gasteiger partial charge in [-0.25, -0.2) is 4.79 Å². The number of hydrogen-bond acceptors (Lipinski definition) is 3. The van der Waals surface area contributed by atoms with Crippen molar-refractivity contribution in [2.45, 2.75) is 59.1 Å². The van der Waals surface area contributed by atoms with E-state index in [4.69, 9.17) is 4.74 Å². The number of ether oxygens (including phenoxy) is 1. The molecule has 19 heavy (non-hydrogen) atoms. The monoisotopic (exact) mass is 270 g/mol. The Morgan fingerprint density at radius 2 is 1.84 bits per heavy atom. The number of hydrogen-bond donors (Lipinski definition) is 0. The average Bonchev–Trinajstić information content (AvgIpc) is 2.76. The van der Waals surface area contributed by atoms with E-state index in [9.17, 15) is 9.59 Å². The molecule has 0 aromatic rings. The predicted octanol–water partition coefficient (Wildman–Crippen LogP) is 2.25. The molecule has 1 heterocycles. The Balaban J connectivity index is 2.73. The fraction of sp³-hybridized carbons (Fsp3) is 0.857. The fourth-order valence-corrected chi connectivity index (χ4v) is 2.31. The van der Waals surface area contributed by atoms with E-state index in [0.29, 0.717) is 19.6 Å². The minimum Gasteiger partial charge on any atom is -0.444 e. The van der Waals surface area contributed by atoms with Gasteiger partial charge in [0.1, 0.15) is 11.6 Å². The summed E-state index contributed by atoms with van der Waals surface area (Å²) in [6.45, 7) is 11.4. The van der Waals surface area contributed by atoms with Crippen LogP contribution in [0, 0.1) is 0 Å². The van der Waals surface area contributed by atoms with Crippen LogP contribution in [-0.4, -0.2) is 53.1 Å². The van der Waals surface area contributed by atoms with Crippen LogP contribution in [-0.2, 0) is 9.53 Å². The summed E-state index contributed by atoms with van der Waals surface area (Å²) in [7, 11) is 0. The molecule has 1 fully saturated rings. The number of likely N-dealkylation sites (N-methyl/N-ethyl adjacent to an activating group) is 1. The van der Waals surface area contributed by atoms with Gasteiger partial charge in [-0.05, 0) is 47.5 Å². The summed E-state index contributed by atoms with van der Waals surface area (Å²) in [6.07, 6.45) is 1.21. The van der Waals surface area contributed by atoms with Gasteiger partial charge in [-0.15, -0.1) is 0 Å². The molecule has 0 spiro atoms. The minimum atomic E-state index is -0.525. The third kappa shape index (κ3) is 4.11. The second kappa shape index (κ2) is 6.26. The molecular weight excluding hydrogens is 244 g/mol. The lowest BCUT2D eigenvalue weighted by Crippen LogP contribution is -2.49. The molecular formula is C14H26N2O3. The molecule has 0 unspecified atom stereocenters. The lowest BCUT2D eigenvalue weighted by molar-refractivity contribution is -0.135. The summed E-state index contributed by atoms with van der Waals surface area (Å²) in [5, 5.41) is 0. The Hall–Kier alpha value is -1.26. The van der Waals surface area contributed by atoms with E-state index in [1.165, 1.54) is 0 Å². The quantitative estimate of drug-likeness (QED) is 0.790. The van der Waals surface area contributed by atoms with Crippen molar-refractivity contribution in [2.75, 3.05) is 19.6 Å². The molecule has 5 nitrogen and oxygen atoms in total. The molecule has 2 amide bonds. The third-order valence-corrected chi connectivity index (χ3v) is 3.24. The maximum Gasteiger partial charge on any atom is 0.410 e. The van der Waals surface area contributed by atoms with Gasteiger partial charge in [-0.3, -0.25) is 9.69 Å². The van der Waals surface area contributed by atoms with Gasteiger partial charge in [0.25, 0.3) is 0 Å². The molecule has 0 radical (unpaired) electrons. The second-order valence-electron chi connectivity index (χ2n) is 5.84. The van der Waals surface area contributed by atoms with E-state index < -0.39 is 5.60 Å². The number of nitrogens with zero attached hydrogens (tertiary/aromatic N) is 2. The Labute approximate surface area is 115 Å². The fourth-order valence-electron chi connectivity index (χ4n) is 2.31. The first-order valence-corrected chi connectivity index (χ1v) is 7.08. The molecule has 0 N–H and O–H groups in total. The standard InChI is InChI=1S/C14H26N2O3/c1-6-15(7-2)12(17)11-9-8-10-16(11)13(18)19-14(3,4)5/h11H,6-10H2,1-5H3/t11-/m0/s1. The van der Waals surface area contributed by atoms with Crippen molar-refractivity contribution in [3.63, 3.8) is 0 Å². The zero-order chi connectivity index (χ0) is 14.6. The molecule has 1 atom stereocenters. The predicted molar refractivity (Wildman–Crippen MR) is 73.9 cm³/mol. The van der Waals surface area contributed by atoms with Gasteiger partial charge in [-0.1, -0.05) is 0 Å². The van der Waals surface area contributed by atoms with Gasteiger partial charge in [0, 0.05) is 19.6 Å². The highest BCUT2D eigenvalue weighted by atomic mass is 16.6. The number of rotatable bonds is 3. The van der Waals surface area contributed by atoms with Crippen LogP contribution in [0.4, 0.5) is 4.79 Å². The van der Waals surface area contributed by atoms with Crippen molar-refractivity contribution in [3.05, 3.63) is 0 Å². The largest absolute Gasteiger partial charge is 0.444 e. The Bertz CT molecular complexity index is 332. The molecule has 0 saturated carbocycles. The van der Waals surface area contributed by atoms with Gasteiger partial charge in [-0.2, -0.15) is 0 Å². The van der Waals surface area contributed by atoms with Gasteiger partial charge in [0.15, 0.2) is 0 Å². The third-order valence-electron chi connectivity index (χ3n) is 3.24. The summed E-state index contributed by atoms with van der Waals surface area (Å²) in [5.41, 5.74) is -0.525. The van der Waals surface area contributed by atoms with E-state index in [2.05, 4.69) is 0 Å². The molecule has 0 aromatic heterocycles. The summed E-state index contributed by atoms with van der Waals surface area (Å²) in [6, 6.07) is -0.352. The average molecular weight is 270 g/mol. The summed E-state index contributed by atoms with van der Waals surface area (Å²) in [5.74, 6) is 0.0355. The molecule has 0 aromatic carbocycles. The van der Waals surface area contributed by atoms with E-state index in [0.717, 1.165) is 12.8 Å². The van der Waals surface area contributed by atoms with Crippen molar-refractivity contribution >= 4 is 12.0 Å². The highest BCUT2D eigenvalue weighted by Gasteiger charge is 2.37. The molecule has 1 aliphatic rings. The van der Waals surface area contributed by atoms with Crippen molar-refractivity contribution in [2.24, 2.45) is 0 Å². The van der Waals surface area contributed by atoms with Crippen molar-refractivity contribution in [1.82, 2.24) is 9.80 Å². The van der Waals surface area contributed by atoms with E-state index >= 15 is 0 Å². The molecule has 1 rings (SSSR count). The number of carbonyl (C=O) groups excluding carboxylic acids is 2. The van der Waals surface area contributed by atoms with Crippen LogP contribution in [0.25, 0.3) is 0 Å². The smallest absolute Gasteiger partial charge is 0.410 e. The van der Waals surface area contributed by atoms with Crippen LogP contribution < -0.4 is 0 Å². The highest BCUT2D eigenvalue weighted by molar-refractivity contribution is 5.86. The van der Waals surface area contributed by atoms with Crippen LogP contribution in [0.5, 0.6) is 0 Å². The maximum atomic E-state index is 12.4. The molecule has 1 aliphatic heterocycles. The van der Waals surface area contributed by atoms with Crippen LogP contribution in [0.3, 0.4) is 0 Å². The van der Waals surface area contributed by atoms with Gasteiger partial charge >= 0.3 is 6.09 Å². The Morgan fingerprint density at radius 3 is 2.32 bits per heavy atom. The van der Waals surface area contributed by atoms with Gasteiger partial charge in [0.05, 0.1) is 0 Å². The highest BCUT2D eigenvalue weighted by Crippen LogP contribution is 2.22. The van der Waals surface area contributed by atoms with Crippen molar-refractivity contribution in [3.8, 4) is 0 Å². The van der Waals surface area contributed by atoms with Crippen LogP contribution in [0.2, 0.25) is 0 Å². The van der Waals surface area contributed by atoms with Crippen LogP contribution in [0.1, 0.15) is 47.5 Å². The molecule has 5 heteroatoms. The maximum absolute atomic E-state index is 12.4. The van der Waals surface area contributed by atoms with E-state index in [1.807, 2.05) is 34.6 Å². The normalized spacial score (nSPS) is 19.4. The topological polar surface area (TPSA) is 49.9 Å². The number of carbonyl (C=O) groups is 2. The molecule has 1 saturated heterocycles. The van der Waals surface area contributed by atoms with E-state index in [1.54, 1.807) is 9.80 Å². The number of likely N-dealkylation sites (tertiary alicyclic amines) is 1. The molecule has 0 aliphatic carbocycles. The lowest BCUT2D eigenvalue weighted by Gasteiger charge is -2.30. The molecule has 0 bridgehead atoms. The molecule has 110 valence electrons. The number of amides is 2. The Morgan fingerprint density at radius 1 is 1.26 bits per heavy atom. The lowest BCUT2D eigenvalue weighted by atomic mass is 10.2. The van der Waals surface area contributed by atoms with Gasteiger partial charge < -0.3 is 9.64 Å². The summed E-state index contributed by atoms with van der Waals surface area (Å²) >= 11 is 0. The van der Waals surface area contributed by atoms with Crippen molar-refractivity contribution < 1.29 is 14.3 Å². The minimum absolute atomic E-state index is 0.0355. The van der Waals surface area contributed by atoms with Gasteiger partial charge in [0.2, 0.25) is 5.91 Å². The van der Waals surface area contributed by atoms with Crippen LogP contribution in [0.15, 0.2) is 0 Å².